The van der Waals surface area contributed by atoms with Crippen LogP contribution in [0, 0.1) is 5.92 Å². The SMILES string of the molecule is CC(Cn1cccn1)NCC(C)(O)C(C)C. The molecule has 0 fully saturated rings. The second kappa shape index (κ2) is 5.46. The summed E-state index contributed by atoms with van der Waals surface area (Å²) in [5, 5.41) is 17.6. The first-order valence-electron chi connectivity index (χ1n) is 5.85. The average Bonchev–Trinajstić information content (AvgIpc) is 2.67. The summed E-state index contributed by atoms with van der Waals surface area (Å²) in [6.07, 6.45) is 3.72. The fourth-order valence-electron chi connectivity index (χ4n) is 1.34. The van der Waals surface area contributed by atoms with E-state index in [1.54, 1.807) is 6.20 Å². The Kier molecular flexibility index (Phi) is 4.50. The quantitative estimate of drug-likeness (QED) is 0.766. The molecule has 0 saturated carbocycles. The van der Waals surface area contributed by atoms with E-state index in [-0.39, 0.29) is 5.92 Å². The highest BCUT2D eigenvalue weighted by Crippen LogP contribution is 2.14. The zero-order valence-electron chi connectivity index (χ0n) is 10.6. The van der Waals surface area contributed by atoms with Crippen LogP contribution in [0.25, 0.3) is 0 Å². The first kappa shape index (κ1) is 13.2. The van der Waals surface area contributed by atoms with Gasteiger partial charge in [0.05, 0.1) is 12.1 Å². The van der Waals surface area contributed by atoms with Crippen LogP contribution < -0.4 is 5.32 Å². The summed E-state index contributed by atoms with van der Waals surface area (Å²) in [6, 6.07) is 2.21. The van der Waals surface area contributed by atoms with Crippen LogP contribution in [0.15, 0.2) is 18.5 Å². The molecule has 0 bridgehead atoms. The third-order valence-corrected chi connectivity index (χ3v) is 3.07. The monoisotopic (exact) mass is 225 g/mol. The lowest BCUT2D eigenvalue weighted by molar-refractivity contribution is 0.0117. The third-order valence-electron chi connectivity index (χ3n) is 3.07. The minimum atomic E-state index is -0.654. The van der Waals surface area contributed by atoms with Crippen molar-refractivity contribution in [3.63, 3.8) is 0 Å². The van der Waals surface area contributed by atoms with Crippen molar-refractivity contribution >= 4 is 0 Å². The summed E-state index contributed by atoms with van der Waals surface area (Å²) in [6.45, 7) is 9.44. The van der Waals surface area contributed by atoms with Crippen LogP contribution in [0.3, 0.4) is 0 Å². The lowest BCUT2D eigenvalue weighted by atomic mass is 9.92. The summed E-state index contributed by atoms with van der Waals surface area (Å²) in [7, 11) is 0. The Labute approximate surface area is 97.7 Å². The molecule has 1 aromatic rings. The molecule has 16 heavy (non-hydrogen) atoms. The van der Waals surface area contributed by atoms with Crippen molar-refractivity contribution in [2.45, 2.75) is 45.9 Å². The van der Waals surface area contributed by atoms with Crippen molar-refractivity contribution in [2.75, 3.05) is 6.54 Å². The minimum absolute atomic E-state index is 0.247. The van der Waals surface area contributed by atoms with Gasteiger partial charge in [-0.3, -0.25) is 4.68 Å². The van der Waals surface area contributed by atoms with Crippen molar-refractivity contribution in [1.82, 2.24) is 15.1 Å². The molecule has 0 aliphatic rings. The number of aliphatic hydroxyl groups is 1. The highest BCUT2D eigenvalue weighted by atomic mass is 16.3. The molecular weight excluding hydrogens is 202 g/mol. The van der Waals surface area contributed by atoms with Gasteiger partial charge in [-0.15, -0.1) is 0 Å². The van der Waals surface area contributed by atoms with Gasteiger partial charge in [0.15, 0.2) is 0 Å². The molecule has 0 amide bonds. The van der Waals surface area contributed by atoms with E-state index in [0.717, 1.165) is 6.54 Å². The minimum Gasteiger partial charge on any atom is -0.389 e. The molecule has 0 aliphatic heterocycles. The fraction of sp³-hybridized carbons (Fsp3) is 0.750. The molecule has 1 aromatic heterocycles. The van der Waals surface area contributed by atoms with Gasteiger partial charge >= 0.3 is 0 Å². The predicted molar refractivity (Wildman–Crippen MR) is 65.2 cm³/mol. The zero-order valence-corrected chi connectivity index (χ0v) is 10.6. The number of aromatic nitrogens is 2. The van der Waals surface area contributed by atoms with Crippen LogP contribution in [-0.4, -0.2) is 33.1 Å². The molecule has 0 radical (unpaired) electrons. The Morgan fingerprint density at radius 2 is 2.12 bits per heavy atom. The molecule has 0 aliphatic carbocycles. The Morgan fingerprint density at radius 1 is 1.44 bits per heavy atom. The maximum absolute atomic E-state index is 10.1. The van der Waals surface area contributed by atoms with Gasteiger partial charge in [0.25, 0.3) is 0 Å². The molecule has 0 aromatic carbocycles. The summed E-state index contributed by atoms with van der Waals surface area (Å²) in [5.74, 6) is 0.247. The van der Waals surface area contributed by atoms with Gasteiger partial charge in [0.1, 0.15) is 0 Å². The Morgan fingerprint density at radius 3 is 2.62 bits per heavy atom. The lowest BCUT2D eigenvalue weighted by Gasteiger charge is -2.29. The first-order chi connectivity index (χ1) is 7.42. The Bertz CT molecular complexity index is 293. The highest BCUT2D eigenvalue weighted by Gasteiger charge is 2.24. The molecule has 92 valence electrons. The average molecular weight is 225 g/mol. The van der Waals surface area contributed by atoms with Gasteiger partial charge in [0.2, 0.25) is 0 Å². The number of nitrogens with one attached hydrogen (secondary N) is 1. The van der Waals surface area contributed by atoms with Crippen LogP contribution in [0.1, 0.15) is 27.7 Å². The maximum Gasteiger partial charge on any atom is 0.0766 e. The van der Waals surface area contributed by atoms with Gasteiger partial charge in [-0.25, -0.2) is 0 Å². The van der Waals surface area contributed by atoms with E-state index in [9.17, 15) is 5.11 Å². The van der Waals surface area contributed by atoms with Gasteiger partial charge in [-0.05, 0) is 25.8 Å². The van der Waals surface area contributed by atoms with Gasteiger partial charge in [0, 0.05) is 25.0 Å². The third kappa shape index (κ3) is 3.94. The highest BCUT2D eigenvalue weighted by molar-refractivity contribution is 4.82. The molecule has 0 spiro atoms. The van der Waals surface area contributed by atoms with Crippen LogP contribution in [0.2, 0.25) is 0 Å². The topological polar surface area (TPSA) is 50.1 Å². The smallest absolute Gasteiger partial charge is 0.0766 e. The van der Waals surface area contributed by atoms with E-state index in [1.807, 2.05) is 37.7 Å². The molecule has 1 heterocycles. The van der Waals surface area contributed by atoms with E-state index < -0.39 is 5.60 Å². The van der Waals surface area contributed by atoms with E-state index in [1.165, 1.54) is 0 Å². The van der Waals surface area contributed by atoms with Gasteiger partial charge in [-0.2, -0.15) is 5.10 Å². The molecule has 2 N–H and O–H groups in total. The standard InChI is InChI=1S/C12H23N3O/c1-10(2)12(4,16)9-13-11(3)8-15-7-5-6-14-15/h5-7,10-11,13,16H,8-9H2,1-4H3. The molecule has 1 rings (SSSR count). The van der Waals surface area contributed by atoms with Crippen LogP contribution in [-0.2, 0) is 6.54 Å². The van der Waals surface area contributed by atoms with E-state index in [0.29, 0.717) is 12.6 Å². The van der Waals surface area contributed by atoms with Crippen LogP contribution in [0.5, 0.6) is 0 Å². The second-order valence-corrected chi connectivity index (χ2v) is 5.02. The fourth-order valence-corrected chi connectivity index (χ4v) is 1.34. The van der Waals surface area contributed by atoms with Gasteiger partial charge in [-0.1, -0.05) is 13.8 Å². The number of hydrogen-bond donors (Lipinski definition) is 2. The molecule has 2 atom stereocenters. The van der Waals surface area contributed by atoms with E-state index in [2.05, 4.69) is 17.3 Å². The molecule has 4 nitrogen and oxygen atoms in total. The summed E-state index contributed by atoms with van der Waals surface area (Å²) in [4.78, 5) is 0. The second-order valence-electron chi connectivity index (χ2n) is 5.02. The summed E-state index contributed by atoms with van der Waals surface area (Å²) >= 11 is 0. The number of rotatable bonds is 6. The molecular formula is C12H23N3O. The van der Waals surface area contributed by atoms with E-state index >= 15 is 0 Å². The Balaban J connectivity index is 2.33. The van der Waals surface area contributed by atoms with Crippen LogP contribution in [0.4, 0.5) is 0 Å². The molecule has 2 unspecified atom stereocenters. The van der Waals surface area contributed by atoms with Crippen LogP contribution >= 0.6 is 0 Å². The first-order valence-corrected chi connectivity index (χ1v) is 5.85. The van der Waals surface area contributed by atoms with Gasteiger partial charge < -0.3 is 10.4 Å². The summed E-state index contributed by atoms with van der Waals surface area (Å²) < 4.78 is 1.89. The van der Waals surface area contributed by atoms with Crippen molar-refractivity contribution < 1.29 is 5.11 Å². The van der Waals surface area contributed by atoms with Crippen molar-refractivity contribution in [3.8, 4) is 0 Å². The van der Waals surface area contributed by atoms with Crippen molar-refractivity contribution in [1.29, 1.82) is 0 Å². The number of hydrogen-bond acceptors (Lipinski definition) is 3. The Hall–Kier alpha value is -0.870. The number of nitrogens with zero attached hydrogens (tertiary/aromatic N) is 2. The largest absolute Gasteiger partial charge is 0.389 e. The molecule has 0 saturated heterocycles. The van der Waals surface area contributed by atoms with Crippen molar-refractivity contribution in [2.24, 2.45) is 5.92 Å². The summed E-state index contributed by atoms with van der Waals surface area (Å²) in [5.41, 5.74) is -0.654. The van der Waals surface area contributed by atoms with Crippen molar-refractivity contribution in [3.05, 3.63) is 18.5 Å². The molecule has 4 heteroatoms. The lowest BCUT2D eigenvalue weighted by Crippen LogP contribution is -2.46. The predicted octanol–water partition coefficient (Wildman–Crippen LogP) is 1.27. The zero-order chi connectivity index (χ0) is 12.2. The maximum atomic E-state index is 10.1. The normalized spacial score (nSPS) is 17.4. The van der Waals surface area contributed by atoms with E-state index in [4.69, 9.17) is 0 Å².